The molecular formula is C27H23BrN2O8S. The molecule has 1 saturated heterocycles. The number of thioether (sulfide) groups is 1. The van der Waals surface area contributed by atoms with Crippen molar-refractivity contribution in [1.29, 1.82) is 0 Å². The van der Waals surface area contributed by atoms with Crippen LogP contribution in [-0.4, -0.2) is 48.7 Å². The van der Waals surface area contributed by atoms with Crippen molar-refractivity contribution in [2.45, 2.75) is 13.5 Å². The molecule has 0 atom stereocenters. The van der Waals surface area contributed by atoms with Gasteiger partial charge in [-0.25, -0.2) is 4.79 Å². The summed E-state index contributed by atoms with van der Waals surface area (Å²) in [4.78, 5) is 50.6. The fourth-order valence-corrected chi connectivity index (χ4v) is 4.78. The molecule has 3 amide bonds. The molecule has 0 radical (unpaired) electrons. The van der Waals surface area contributed by atoms with Crippen molar-refractivity contribution in [3.8, 4) is 11.5 Å². The number of furan rings is 1. The third-order valence-corrected chi connectivity index (χ3v) is 7.09. The number of imide groups is 1. The third kappa shape index (κ3) is 6.70. The molecule has 2 heterocycles. The zero-order valence-corrected chi connectivity index (χ0v) is 23.5. The van der Waals surface area contributed by atoms with Gasteiger partial charge in [-0.1, -0.05) is 33.6 Å². The van der Waals surface area contributed by atoms with Crippen LogP contribution in [0.3, 0.4) is 0 Å². The number of halogens is 1. The maximum Gasteiger partial charge on any atom is 0.373 e. The van der Waals surface area contributed by atoms with E-state index in [1.54, 1.807) is 30.3 Å². The molecule has 0 bridgehead atoms. The molecule has 0 aliphatic carbocycles. The van der Waals surface area contributed by atoms with Gasteiger partial charge >= 0.3 is 5.97 Å². The minimum atomic E-state index is -0.659. The Balaban J connectivity index is 1.45. The Morgan fingerprint density at radius 1 is 1.08 bits per heavy atom. The molecule has 3 aromatic rings. The van der Waals surface area contributed by atoms with Crippen molar-refractivity contribution in [2.75, 3.05) is 26.1 Å². The standard InChI is InChI=1S/C27H23BrN2O8S/c1-15-4-6-17(7-5-15)29-24(31)14-37-22-12-19(28)16(10-21(22)35-2)11-23-25(32)30(27(34)39-23)13-18-8-9-20(38-18)26(33)36-3/h4-12H,13-14H2,1-3H3,(H,29,31)/b23-11+. The second-order valence-electron chi connectivity index (χ2n) is 8.25. The molecule has 39 heavy (non-hydrogen) atoms. The molecule has 1 N–H and O–H groups in total. The molecule has 12 heteroatoms. The fourth-order valence-electron chi connectivity index (χ4n) is 3.52. The van der Waals surface area contributed by atoms with E-state index in [4.69, 9.17) is 13.9 Å². The van der Waals surface area contributed by atoms with Gasteiger partial charge in [0.05, 0.1) is 25.7 Å². The summed E-state index contributed by atoms with van der Waals surface area (Å²) in [6.07, 6.45) is 1.55. The Labute approximate surface area is 236 Å². The van der Waals surface area contributed by atoms with Crippen molar-refractivity contribution < 1.29 is 37.8 Å². The molecular weight excluding hydrogens is 592 g/mol. The van der Waals surface area contributed by atoms with Crippen molar-refractivity contribution >= 4 is 62.5 Å². The van der Waals surface area contributed by atoms with Crippen LogP contribution in [0.2, 0.25) is 0 Å². The highest BCUT2D eigenvalue weighted by Crippen LogP contribution is 2.38. The fraction of sp³-hybridized carbons (Fsp3) is 0.185. The van der Waals surface area contributed by atoms with E-state index in [1.165, 1.54) is 26.4 Å². The van der Waals surface area contributed by atoms with Crippen molar-refractivity contribution in [3.05, 3.63) is 80.6 Å². The maximum absolute atomic E-state index is 13.0. The highest BCUT2D eigenvalue weighted by molar-refractivity contribution is 9.10. The number of nitrogens with zero attached hydrogens (tertiary/aromatic N) is 1. The van der Waals surface area contributed by atoms with Crippen LogP contribution in [0, 0.1) is 6.92 Å². The van der Waals surface area contributed by atoms with E-state index in [0.717, 1.165) is 22.2 Å². The van der Waals surface area contributed by atoms with E-state index in [9.17, 15) is 19.2 Å². The topological polar surface area (TPSA) is 124 Å². The molecule has 1 aliphatic heterocycles. The maximum atomic E-state index is 13.0. The van der Waals surface area contributed by atoms with Gasteiger partial charge in [0.2, 0.25) is 5.76 Å². The Hall–Kier alpha value is -4.03. The molecule has 4 rings (SSSR count). The second-order valence-corrected chi connectivity index (χ2v) is 10.1. The van der Waals surface area contributed by atoms with Crippen molar-refractivity contribution in [3.63, 3.8) is 0 Å². The molecule has 1 aromatic heterocycles. The monoisotopic (exact) mass is 614 g/mol. The van der Waals surface area contributed by atoms with Crippen LogP contribution in [0.4, 0.5) is 10.5 Å². The van der Waals surface area contributed by atoms with Crippen LogP contribution < -0.4 is 14.8 Å². The normalized spacial score (nSPS) is 14.1. The summed E-state index contributed by atoms with van der Waals surface area (Å²) in [5, 5.41) is 2.28. The van der Waals surface area contributed by atoms with Gasteiger partial charge in [-0.2, -0.15) is 0 Å². The average Bonchev–Trinajstić information content (AvgIpc) is 3.49. The van der Waals surface area contributed by atoms with Crippen molar-refractivity contribution in [1.82, 2.24) is 4.90 Å². The molecule has 1 aliphatic rings. The zero-order valence-electron chi connectivity index (χ0n) is 21.1. The van der Waals surface area contributed by atoms with Crippen LogP contribution in [0.1, 0.15) is 27.4 Å². The number of methoxy groups -OCH3 is 2. The van der Waals surface area contributed by atoms with Crippen LogP contribution in [-0.2, 0) is 20.9 Å². The SMILES string of the molecule is COC(=O)c1ccc(CN2C(=O)S/C(=C/c3cc(OC)c(OCC(=O)Nc4ccc(C)cc4)cc3Br)C2=O)o1. The van der Waals surface area contributed by atoms with E-state index in [0.29, 0.717) is 27.2 Å². The summed E-state index contributed by atoms with van der Waals surface area (Å²) in [7, 11) is 2.67. The Morgan fingerprint density at radius 2 is 1.82 bits per heavy atom. The molecule has 1 fully saturated rings. The highest BCUT2D eigenvalue weighted by atomic mass is 79.9. The van der Waals surface area contributed by atoms with Gasteiger partial charge in [-0.3, -0.25) is 19.3 Å². The van der Waals surface area contributed by atoms with Gasteiger partial charge in [-0.15, -0.1) is 0 Å². The number of anilines is 1. The minimum absolute atomic E-state index is 0.0269. The molecule has 0 unspecified atom stereocenters. The van der Waals surface area contributed by atoms with E-state index in [-0.39, 0.29) is 35.5 Å². The molecule has 202 valence electrons. The second kappa shape index (κ2) is 12.2. The number of carbonyl (C=O) groups excluding carboxylic acids is 4. The predicted octanol–water partition coefficient (Wildman–Crippen LogP) is 5.40. The number of hydrogen-bond acceptors (Lipinski definition) is 9. The van der Waals surface area contributed by atoms with Gasteiger partial charge in [0.25, 0.3) is 17.1 Å². The smallest absolute Gasteiger partial charge is 0.373 e. The summed E-state index contributed by atoms with van der Waals surface area (Å²) in [6, 6.07) is 13.5. The van der Waals surface area contributed by atoms with Crippen LogP contribution in [0.15, 0.2) is 62.3 Å². The zero-order chi connectivity index (χ0) is 28.1. The summed E-state index contributed by atoms with van der Waals surface area (Å²) in [5.74, 6) is -0.639. The molecule has 0 saturated carbocycles. The molecule has 2 aromatic carbocycles. The van der Waals surface area contributed by atoms with E-state index in [2.05, 4.69) is 26.0 Å². The van der Waals surface area contributed by atoms with E-state index in [1.807, 2.05) is 19.1 Å². The quantitative estimate of drug-likeness (QED) is 0.249. The summed E-state index contributed by atoms with van der Waals surface area (Å²) >= 11 is 4.23. The molecule has 0 spiro atoms. The van der Waals surface area contributed by atoms with E-state index >= 15 is 0 Å². The predicted molar refractivity (Wildman–Crippen MR) is 148 cm³/mol. The number of ether oxygens (including phenoxy) is 3. The largest absolute Gasteiger partial charge is 0.493 e. The van der Waals surface area contributed by atoms with E-state index < -0.39 is 17.1 Å². The lowest BCUT2D eigenvalue weighted by Crippen LogP contribution is -2.27. The number of nitrogens with one attached hydrogen (secondary N) is 1. The lowest BCUT2D eigenvalue weighted by atomic mass is 10.2. The average molecular weight is 615 g/mol. The summed E-state index contributed by atoms with van der Waals surface area (Å²) in [5.41, 5.74) is 2.29. The number of benzene rings is 2. The van der Waals surface area contributed by atoms with Gasteiger partial charge in [0, 0.05) is 10.2 Å². The van der Waals surface area contributed by atoms with Gasteiger partial charge in [0.1, 0.15) is 5.76 Å². The number of aryl methyl sites for hydroxylation is 1. The van der Waals surface area contributed by atoms with Gasteiger partial charge in [0.15, 0.2) is 18.1 Å². The lowest BCUT2D eigenvalue weighted by Gasteiger charge is -2.13. The van der Waals surface area contributed by atoms with Crippen molar-refractivity contribution in [2.24, 2.45) is 0 Å². The van der Waals surface area contributed by atoms with Gasteiger partial charge in [-0.05, 0) is 66.7 Å². The van der Waals surface area contributed by atoms with Crippen LogP contribution in [0.25, 0.3) is 6.08 Å². The lowest BCUT2D eigenvalue weighted by molar-refractivity contribution is -0.123. The first kappa shape index (κ1) is 28.0. The number of hydrogen-bond donors (Lipinski definition) is 1. The summed E-state index contributed by atoms with van der Waals surface area (Å²) in [6.45, 7) is 1.57. The number of carbonyl (C=O) groups is 4. The Morgan fingerprint density at radius 3 is 2.51 bits per heavy atom. The Kier molecular flexibility index (Phi) is 8.77. The number of amides is 3. The van der Waals surface area contributed by atoms with Gasteiger partial charge < -0.3 is 23.9 Å². The first-order valence-corrected chi connectivity index (χ1v) is 13.1. The number of rotatable bonds is 9. The minimum Gasteiger partial charge on any atom is -0.493 e. The molecule has 10 nitrogen and oxygen atoms in total. The first-order valence-electron chi connectivity index (χ1n) is 11.5. The third-order valence-electron chi connectivity index (χ3n) is 5.50. The first-order chi connectivity index (χ1) is 18.7. The summed E-state index contributed by atoms with van der Waals surface area (Å²) < 4.78 is 21.6. The van der Waals surface area contributed by atoms with Crippen LogP contribution in [0.5, 0.6) is 11.5 Å². The Bertz CT molecular complexity index is 1460. The number of esters is 1. The highest BCUT2D eigenvalue weighted by Gasteiger charge is 2.36. The van der Waals surface area contributed by atoms with Crippen LogP contribution >= 0.6 is 27.7 Å².